The van der Waals surface area contributed by atoms with Crippen molar-refractivity contribution in [2.24, 2.45) is 0 Å². The second-order valence-electron chi connectivity index (χ2n) is 6.43. The number of aromatic nitrogens is 1. The summed E-state index contributed by atoms with van der Waals surface area (Å²) in [6.45, 7) is 5.81. The fourth-order valence-electron chi connectivity index (χ4n) is 3.13. The van der Waals surface area contributed by atoms with Gasteiger partial charge in [-0.25, -0.2) is 0 Å². The van der Waals surface area contributed by atoms with Crippen molar-refractivity contribution < 1.29 is 14.3 Å². The Bertz CT molecular complexity index is 839. The molecule has 1 aliphatic rings. The van der Waals surface area contributed by atoms with E-state index in [1.54, 1.807) is 10.6 Å². The highest BCUT2D eigenvalue weighted by Gasteiger charge is 2.12. The van der Waals surface area contributed by atoms with E-state index in [0.29, 0.717) is 24.4 Å². The third-order valence-corrected chi connectivity index (χ3v) is 4.67. The summed E-state index contributed by atoms with van der Waals surface area (Å²) in [7, 11) is 1.53. The summed E-state index contributed by atoms with van der Waals surface area (Å²) >= 11 is 0. The molecule has 1 aliphatic heterocycles. The lowest BCUT2D eigenvalue weighted by molar-refractivity contribution is 0.0952. The van der Waals surface area contributed by atoms with Crippen LogP contribution in [0.2, 0.25) is 0 Å². The van der Waals surface area contributed by atoms with Crippen molar-refractivity contribution >= 4 is 11.6 Å². The molecule has 2 heterocycles. The summed E-state index contributed by atoms with van der Waals surface area (Å²) < 4.78 is 12.1. The molecule has 0 atom stereocenters. The number of hydrogen-bond acceptors (Lipinski definition) is 5. The minimum Gasteiger partial charge on any atom is -0.496 e. The smallest absolute Gasteiger partial charge is 0.254 e. The van der Waals surface area contributed by atoms with Crippen LogP contribution in [0.15, 0.2) is 41.2 Å². The molecule has 0 unspecified atom stereocenters. The molecule has 7 nitrogen and oxygen atoms in total. The van der Waals surface area contributed by atoms with Gasteiger partial charge >= 0.3 is 0 Å². The van der Waals surface area contributed by atoms with Gasteiger partial charge in [-0.1, -0.05) is 0 Å². The first-order chi connectivity index (χ1) is 13.1. The van der Waals surface area contributed by atoms with E-state index in [1.807, 2.05) is 31.2 Å². The topological polar surface area (TPSA) is 72.8 Å². The number of carbonyl (C=O) groups is 1. The van der Waals surface area contributed by atoms with E-state index in [-0.39, 0.29) is 11.5 Å². The largest absolute Gasteiger partial charge is 0.496 e. The highest BCUT2D eigenvalue weighted by atomic mass is 16.5. The predicted octanol–water partition coefficient (Wildman–Crippen LogP) is 1.43. The van der Waals surface area contributed by atoms with Crippen LogP contribution in [-0.4, -0.2) is 50.4 Å². The third-order valence-electron chi connectivity index (χ3n) is 4.67. The molecule has 0 bridgehead atoms. The summed E-state index contributed by atoms with van der Waals surface area (Å²) in [5.74, 6) is 0.390. The number of nitrogens with zero attached hydrogens (tertiary/aromatic N) is 2. The number of aryl methyl sites for hydroxylation is 1. The molecule has 0 saturated carbocycles. The van der Waals surface area contributed by atoms with Crippen molar-refractivity contribution in [3.05, 3.63) is 58.0 Å². The average Bonchev–Trinajstić information content (AvgIpc) is 2.70. The minimum atomic E-state index is -0.150. The lowest BCUT2D eigenvalue weighted by Crippen LogP contribution is -2.36. The number of rotatable bonds is 6. The Kier molecular flexibility index (Phi) is 6.13. The van der Waals surface area contributed by atoms with Gasteiger partial charge in [0, 0.05) is 49.2 Å². The number of benzene rings is 1. The molecular formula is C20H25N3O4. The maximum absolute atomic E-state index is 12.3. The van der Waals surface area contributed by atoms with E-state index in [2.05, 4.69) is 10.2 Å². The van der Waals surface area contributed by atoms with E-state index >= 15 is 0 Å². The number of pyridine rings is 1. The van der Waals surface area contributed by atoms with Crippen molar-refractivity contribution in [1.29, 1.82) is 0 Å². The van der Waals surface area contributed by atoms with Gasteiger partial charge in [0.2, 0.25) is 0 Å². The minimum absolute atomic E-state index is 0.143. The van der Waals surface area contributed by atoms with Crippen molar-refractivity contribution in [3.63, 3.8) is 0 Å². The van der Waals surface area contributed by atoms with Gasteiger partial charge in [0.1, 0.15) is 5.75 Å². The maximum atomic E-state index is 12.3. The Morgan fingerprint density at radius 1 is 1.19 bits per heavy atom. The molecule has 144 valence electrons. The fourth-order valence-corrected chi connectivity index (χ4v) is 3.13. The van der Waals surface area contributed by atoms with E-state index in [0.717, 1.165) is 37.7 Å². The average molecular weight is 371 g/mol. The zero-order chi connectivity index (χ0) is 19.2. The molecule has 1 saturated heterocycles. The molecule has 1 aromatic carbocycles. The molecule has 7 heteroatoms. The molecule has 27 heavy (non-hydrogen) atoms. The Hall–Kier alpha value is -2.80. The van der Waals surface area contributed by atoms with Crippen LogP contribution in [0, 0.1) is 6.92 Å². The SMILES string of the molecule is COc1cc(C)n(CCNC(=O)c2ccc(N3CCOCC3)cc2)c(=O)c1. The molecule has 3 rings (SSSR count). The quantitative estimate of drug-likeness (QED) is 0.832. The maximum Gasteiger partial charge on any atom is 0.254 e. The van der Waals surface area contributed by atoms with Gasteiger partial charge in [0.15, 0.2) is 0 Å². The second-order valence-corrected chi connectivity index (χ2v) is 6.43. The molecule has 1 fully saturated rings. The Balaban J connectivity index is 1.56. The number of hydrogen-bond donors (Lipinski definition) is 1. The monoisotopic (exact) mass is 371 g/mol. The number of nitrogens with one attached hydrogen (secondary N) is 1. The standard InChI is InChI=1S/C20H25N3O4/c1-15-13-18(26-2)14-19(24)23(15)8-7-21-20(25)16-3-5-17(6-4-16)22-9-11-27-12-10-22/h3-6,13-14H,7-12H2,1-2H3,(H,21,25). The van der Waals surface area contributed by atoms with Gasteiger partial charge in [0.05, 0.1) is 20.3 Å². The van der Waals surface area contributed by atoms with Crippen LogP contribution in [0.25, 0.3) is 0 Å². The van der Waals surface area contributed by atoms with Crippen molar-refractivity contribution in [2.75, 3.05) is 44.9 Å². The molecule has 2 aromatic rings. The second kappa shape index (κ2) is 8.73. The molecule has 1 amide bonds. The highest BCUT2D eigenvalue weighted by molar-refractivity contribution is 5.94. The first-order valence-corrected chi connectivity index (χ1v) is 9.05. The first-order valence-electron chi connectivity index (χ1n) is 9.05. The molecule has 0 radical (unpaired) electrons. The number of methoxy groups -OCH3 is 1. The van der Waals surface area contributed by atoms with E-state index in [1.165, 1.54) is 13.2 Å². The van der Waals surface area contributed by atoms with Gasteiger partial charge < -0.3 is 24.3 Å². The van der Waals surface area contributed by atoms with Crippen LogP contribution in [-0.2, 0) is 11.3 Å². The zero-order valence-electron chi connectivity index (χ0n) is 15.7. The molecule has 1 aromatic heterocycles. The highest BCUT2D eigenvalue weighted by Crippen LogP contribution is 2.16. The third kappa shape index (κ3) is 4.68. The van der Waals surface area contributed by atoms with Gasteiger partial charge in [-0.15, -0.1) is 0 Å². The summed E-state index contributed by atoms with van der Waals surface area (Å²) in [4.78, 5) is 26.7. The van der Waals surface area contributed by atoms with Crippen LogP contribution >= 0.6 is 0 Å². The van der Waals surface area contributed by atoms with Gasteiger partial charge in [-0.05, 0) is 37.3 Å². The zero-order valence-corrected chi connectivity index (χ0v) is 15.7. The Labute approximate surface area is 158 Å². The first kappa shape index (κ1) is 19.0. The lowest BCUT2D eigenvalue weighted by Gasteiger charge is -2.28. The van der Waals surface area contributed by atoms with E-state index < -0.39 is 0 Å². The van der Waals surface area contributed by atoms with E-state index in [9.17, 15) is 9.59 Å². The summed E-state index contributed by atoms with van der Waals surface area (Å²) in [6.07, 6.45) is 0. The van der Waals surface area contributed by atoms with Crippen LogP contribution < -0.4 is 20.5 Å². The van der Waals surface area contributed by atoms with Gasteiger partial charge in [-0.3, -0.25) is 9.59 Å². The van der Waals surface area contributed by atoms with Crippen molar-refractivity contribution in [2.45, 2.75) is 13.5 Å². The summed E-state index contributed by atoms with van der Waals surface area (Å²) in [6, 6.07) is 10.8. The Morgan fingerprint density at radius 2 is 1.89 bits per heavy atom. The van der Waals surface area contributed by atoms with Crippen LogP contribution in [0.3, 0.4) is 0 Å². The van der Waals surface area contributed by atoms with Crippen molar-refractivity contribution in [1.82, 2.24) is 9.88 Å². The Morgan fingerprint density at radius 3 is 2.52 bits per heavy atom. The lowest BCUT2D eigenvalue weighted by atomic mass is 10.1. The van der Waals surface area contributed by atoms with Crippen LogP contribution in [0.5, 0.6) is 5.75 Å². The number of carbonyl (C=O) groups excluding carboxylic acids is 1. The summed E-state index contributed by atoms with van der Waals surface area (Å²) in [5, 5.41) is 2.87. The normalized spacial score (nSPS) is 14.1. The van der Waals surface area contributed by atoms with E-state index in [4.69, 9.17) is 9.47 Å². The molecule has 0 spiro atoms. The summed E-state index contributed by atoms with van der Waals surface area (Å²) in [5.41, 5.74) is 2.35. The van der Waals surface area contributed by atoms with Gasteiger partial charge in [-0.2, -0.15) is 0 Å². The number of ether oxygens (including phenoxy) is 2. The number of amides is 1. The van der Waals surface area contributed by atoms with Crippen LogP contribution in [0.1, 0.15) is 16.1 Å². The molecule has 1 N–H and O–H groups in total. The van der Waals surface area contributed by atoms with Gasteiger partial charge in [0.25, 0.3) is 11.5 Å². The number of morpholine rings is 1. The van der Waals surface area contributed by atoms with Crippen molar-refractivity contribution in [3.8, 4) is 5.75 Å². The molecule has 0 aliphatic carbocycles. The number of anilines is 1. The predicted molar refractivity (Wildman–Crippen MR) is 104 cm³/mol. The van der Waals surface area contributed by atoms with Crippen LogP contribution in [0.4, 0.5) is 5.69 Å². The fraction of sp³-hybridized carbons (Fsp3) is 0.400. The molecular weight excluding hydrogens is 346 g/mol.